The third-order valence-electron chi connectivity index (χ3n) is 14.3. The van der Waals surface area contributed by atoms with Gasteiger partial charge in [0.1, 0.15) is 0 Å². The molecule has 4 nitrogen and oxygen atoms in total. The van der Waals surface area contributed by atoms with Crippen molar-refractivity contribution in [3.05, 3.63) is 267 Å². The highest BCUT2D eigenvalue weighted by Crippen LogP contribution is 2.41. The van der Waals surface area contributed by atoms with Gasteiger partial charge in [-0.2, -0.15) is 0 Å². The van der Waals surface area contributed by atoms with Gasteiger partial charge in [0.05, 0.1) is 44.7 Å². The fourth-order valence-electron chi connectivity index (χ4n) is 10.8. The second-order valence-electron chi connectivity index (χ2n) is 18.6. The number of benzene rings is 10. The summed E-state index contributed by atoms with van der Waals surface area (Å²) in [6.45, 7) is 0. The number of para-hydroxylation sites is 4. The molecular formula is C68H44N4. The van der Waals surface area contributed by atoms with Gasteiger partial charge in [-0.25, -0.2) is 9.97 Å². The predicted molar refractivity (Wildman–Crippen MR) is 301 cm³/mol. The summed E-state index contributed by atoms with van der Waals surface area (Å²) in [5.41, 5.74) is 20.8. The second kappa shape index (κ2) is 17.1. The van der Waals surface area contributed by atoms with Crippen molar-refractivity contribution in [2.75, 3.05) is 0 Å². The maximum Gasteiger partial charge on any atom is 0.0716 e. The topological polar surface area (TPSA) is 35.6 Å². The molecule has 0 atom stereocenters. The Morgan fingerprint density at radius 1 is 0.222 bits per heavy atom. The lowest BCUT2D eigenvalue weighted by atomic mass is 9.93. The van der Waals surface area contributed by atoms with E-state index in [1.54, 1.807) is 0 Å². The molecule has 0 amide bonds. The Balaban J connectivity index is 0.934. The van der Waals surface area contributed by atoms with Gasteiger partial charge in [0.2, 0.25) is 0 Å². The van der Waals surface area contributed by atoms with Gasteiger partial charge >= 0.3 is 0 Å². The Hall–Kier alpha value is -9.64. The second-order valence-corrected chi connectivity index (χ2v) is 18.6. The lowest BCUT2D eigenvalue weighted by Gasteiger charge is -2.14. The minimum atomic E-state index is 0.928. The van der Waals surface area contributed by atoms with Crippen LogP contribution in [-0.4, -0.2) is 19.1 Å². The van der Waals surface area contributed by atoms with Crippen LogP contribution >= 0.6 is 0 Å². The van der Waals surface area contributed by atoms with Crippen LogP contribution in [0, 0.1) is 0 Å². The van der Waals surface area contributed by atoms with Gasteiger partial charge in [0.15, 0.2) is 0 Å². The largest absolute Gasteiger partial charge is 0.309 e. The summed E-state index contributed by atoms with van der Waals surface area (Å²) in [6, 6.07) is 95.9. The Kier molecular flexibility index (Phi) is 9.82. The summed E-state index contributed by atoms with van der Waals surface area (Å²) in [6.07, 6.45) is 0. The number of nitrogens with zero attached hydrogens (tertiary/aromatic N) is 4. The first-order valence-corrected chi connectivity index (χ1v) is 24.6. The molecule has 0 saturated heterocycles. The molecule has 0 saturated carbocycles. The molecule has 0 aliphatic carbocycles. The van der Waals surface area contributed by atoms with Crippen LogP contribution in [0.15, 0.2) is 267 Å². The van der Waals surface area contributed by atoms with Crippen LogP contribution in [0.1, 0.15) is 0 Å². The molecule has 0 spiro atoms. The van der Waals surface area contributed by atoms with Gasteiger partial charge < -0.3 is 9.13 Å². The van der Waals surface area contributed by atoms with Crippen molar-refractivity contribution in [1.82, 2.24) is 19.1 Å². The van der Waals surface area contributed by atoms with Gasteiger partial charge in [0, 0.05) is 55.0 Å². The van der Waals surface area contributed by atoms with Gasteiger partial charge in [-0.05, 0) is 124 Å². The van der Waals surface area contributed by atoms with Crippen molar-refractivity contribution in [3.8, 4) is 78.5 Å². The van der Waals surface area contributed by atoms with Crippen molar-refractivity contribution in [1.29, 1.82) is 0 Å². The maximum absolute atomic E-state index is 5.47. The number of hydrogen-bond acceptors (Lipinski definition) is 2. The molecule has 4 heteroatoms. The molecular weight excluding hydrogens is 873 g/mol. The van der Waals surface area contributed by atoms with Crippen LogP contribution in [0.4, 0.5) is 0 Å². The van der Waals surface area contributed by atoms with Gasteiger partial charge in [-0.1, -0.05) is 176 Å². The summed E-state index contributed by atoms with van der Waals surface area (Å²) in [4.78, 5) is 10.6. The van der Waals surface area contributed by atoms with Gasteiger partial charge in [-0.15, -0.1) is 0 Å². The van der Waals surface area contributed by atoms with Crippen LogP contribution < -0.4 is 0 Å². The first kappa shape index (κ1) is 41.3. The number of pyridine rings is 2. The van der Waals surface area contributed by atoms with E-state index in [0.29, 0.717) is 0 Å². The number of fused-ring (bicyclic) bond motifs is 7. The van der Waals surface area contributed by atoms with Crippen LogP contribution in [-0.2, 0) is 0 Å². The maximum atomic E-state index is 5.47. The summed E-state index contributed by atoms with van der Waals surface area (Å²) < 4.78 is 4.73. The zero-order chi connectivity index (χ0) is 47.5. The third kappa shape index (κ3) is 7.08. The molecule has 0 aliphatic rings. The first-order chi connectivity index (χ1) is 35.7. The van der Waals surface area contributed by atoms with Crippen LogP contribution in [0.3, 0.4) is 0 Å². The Morgan fingerprint density at radius 3 is 1.18 bits per heavy atom. The first-order valence-electron chi connectivity index (χ1n) is 24.6. The Bertz CT molecular complexity index is 4290. The molecule has 0 unspecified atom stereocenters. The molecule has 0 fully saturated rings. The van der Waals surface area contributed by atoms with Crippen molar-refractivity contribution in [3.63, 3.8) is 0 Å². The highest BCUT2D eigenvalue weighted by molar-refractivity contribution is 6.12. The van der Waals surface area contributed by atoms with Crippen molar-refractivity contribution in [2.45, 2.75) is 0 Å². The Labute approximate surface area is 417 Å². The molecule has 0 aliphatic heterocycles. The van der Waals surface area contributed by atoms with Crippen LogP contribution in [0.2, 0.25) is 0 Å². The van der Waals surface area contributed by atoms with Crippen LogP contribution in [0.5, 0.6) is 0 Å². The molecule has 336 valence electrons. The quantitative estimate of drug-likeness (QED) is 0.152. The fourth-order valence-corrected chi connectivity index (χ4v) is 10.8. The average Bonchev–Trinajstić information content (AvgIpc) is 3.98. The van der Waals surface area contributed by atoms with E-state index in [1.807, 2.05) is 0 Å². The van der Waals surface area contributed by atoms with E-state index in [1.165, 1.54) is 43.6 Å². The molecule has 14 rings (SSSR count). The zero-order valence-corrected chi connectivity index (χ0v) is 39.2. The normalized spacial score (nSPS) is 11.6. The summed E-state index contributed by atoms with van der Waals surface area (Å²) >= 11 is 0. The van der Waals surface area contributed by atoms with Crippen LogP contribution in [0.25, 0.3) is 133 Å². The third-order valence-corrected chi connectivity index (χ3v) is 14.3. The van der Waals surface area contributed by atoms with Gasteiger partial charge in [0.25, 0.3) is 0 Å². The van der Waals surface area contributed by atoms with Crippen molar-refractivity contribution >= 4 is 54.5 Å². The molecule has 72 heavy (non-hydrogen) atoms. The minimum Gasteiger partial charge on any atom is -0.309 e. The predicted octanol–water partition coefficient (Wildman–Crippen LogP) is 17.8. The number of rotatable bonds is 8. The monoisotopic (exact) mass is 916 g/mol. The van der Waals surface area contributed by atoms with E-state index >= 15 is 0 Å². The highest BCUT2D eigenvalue weighted by atomic mass is 15.0. The van der Waals surface area contributed by atoms with E-state index in [9.17, 15) is 0 Å². The van der Waals surface area contributed by atoms with Crippen molar-refractivity contribution < 1.29 is 0 Å². The SMILES string of the molecule is c1ccc(-c2cc(-c3ccc(-c4cc(-c5ccc6c(c5)c5ccccc5n6-c5ccccc5)nc5ccc(-c6ccc7c(c6)c6ccccc6n7-c6ccccc6)cc45)cc3)cc(-c3ccccc3)n2)cc1. The highest BCUT2D eigenvalue weighted by Gasteiger charge is 2.18. The smallest absolute Gasteiger partial charge is 0.0716 e. The van der Waals surface area contributed by atoms with E-state index < -0.39 is 0 Å². The minimum absolute atomic E-state index is 0.928. The number of hydrogen-bond donors (Lipinski definition) is 0. The molecule has 0 bridgehead atoms. The van der Waals surface area contributed by atoms with Crippen molar-refractivity contribution in [2.24, 2.45) is 0 Å². The van der Waals surface area contributed by atoms with Gasteiger partial charge in [-0.3, -0.25) is 0 Å². The summed E-state index contributed by atoms with van der Waals surface area (Å²) in [7, 11) is 0. The molecule has 4 aromatic heterocycles. The van der Waals surface area contributed by atoms with E-state index in [2.05, 4.69) is 276 Å². The standard InChI is InChI=1S/C68H44N4/c1-5-17-47(18-6-1)62-42-52(43-63(70-62)48-19-7-2-8-20-48)45-29-31-46(32-30-45)57-44-64(51-35-38-68-60(41-51)56-26-14-16-28-66(56)72(68)54-23-11-4-12-24-54)69-61-36-33-49(39-58(57)61)50-34-37-67-59(40-50)55-25-13-15-27-65(55)71(67)53-21-9-3-10-22-53/h1-44H. The molecule has 0 radical (unpaired) electrons. The summed E-state index contributed by atoms with van der Waals surface area (Å²) in [5, 5.41) is 5.96. The summed E-state index contributed by atoms with van der Waals surface area (Å²) in [5.74, 6) is 0. The fraction of sp³-hybridized carbons (Fsp3) is 0. The lowest BCUT2D eigenvalue weighted by molar-refractivity contribution is 1.18. The van der Waals surface area contributed by atoms with E-state index in [-0.39, 0.29) is 0 Å². The molecule has 0 N–H and O–H groups in total. The molecule has 4 heterocycles. The molecule has 14 aromatic rings. The Morgan fingerprint density at radius 2 is 0.625 bits per heavy atom. The average molecular weight is 917 g/mol. The number of aromatic nitrogens is 4. The zero-order valence-electron chi connectivity index (χ0n) is 39.2. The lowest BCUT2D eigenvalue weighted by Crippen LogP contribution is -1.94. The van der Waals surface area contributed by atoms with E-state index in [4.69, 9.17) is 9.97 Å². The molecule has 10 aromatic carbocycles. The van der Waals surface area contributed by atoms with E-state index in [0.717, 1.165) is 89.4 Å².